The van der Waals surface area contributed by atoms with E-state index >= 15 is 0 Å². The van der Waals surface area contributed by atoms with E-state index in [0.717, 1.165) is 5.52 Å². The van der Waals surface area contributed by atoms with E-state index in [0.29, 0.717) is 11.1 Å². The lowest BCUT2D eigenvalue weighted by atomic mass is 10.1. The first-order valence-corrected chi connectivity index (χ1v) is 6.38. The molecule has 0 saturated carbocycles. The number of pyridine rings is 1. The fraction of sp³-hybridized carbons (Fsp3) is 0. The van der Waals surface area contributed by atoms with E-state index in [-0.39, 0.29) is 11.6 Å². The second-order valence-electron chi connectivity index (χ2n) is 4.33. The van der Waals surface area contributed by atoms with Crippen molar-refractivity contribution in [3.63, 3.8) is 0 Å². The van der Waals surface area contributed by atoms with E-state index in [2.05, 4.69) is 9.97 Å². The number of halogens is 1. The van der Waals surface area contributed by atoms with Crippen LogP contribution in [0.15, 0.2) is 42.9 Å². The third kappa shape index (κ3) is 2.25. The molecule has 2 N–H and O–H groups in total. The van der Waals surface area contributed by atoms with Crippen molar-refractivity contribution in [3.05, 3.63) is 48.5 Å². The fourth-order valence-electron chi connectivity index (χ4n) is 2.15. The third-order valence-electron chi connectivity index (χ3n) is 3.06. The Labute approximate surface area is 124 Å². The van der Waals surface area contributed by atoms with Crippen LogP contribution in [0.1, 0.15) is 10.5 Å². The Balaban J connectivity index is 2.31. The number of Topliss-reactive ketones (excluding diaryl/α,β-unsaturated/α-hetero) is 1. The summed E-state index contributed by atoms with van der Waals surface area (Å²) in [5.41, 5.74) is 7.50. The molecule has 0 aliphatic rings. The Morgan fingerprint density at radius 2 is 1.90 bits per heavy atom. The third-order valence-corrected chi connectivity index (χ3v) is 3.23. The molecule has 0 amide bonds. The Morgan fingerprint density at radius 3 is 2.57 bits per heavy atom. The molecule has 21 heavy (non-hydrogen) atoms. The van der Waals surface area contributed by atoms with Crippen LogP contribution in [0.25, 0.3) is 16.6 Å². The zero-order valence-electron chi connectivity index (χ0n) is 10.7. The first kappa shape index (κ1) is 13.3. The maximum atomic E-state index is 12.1. The van der Waals surface area contributed by atoms with Gasteiger partial charge >= 0.3 is 0 Å². The smallest absolute Gasteiger partial charge is 0.294 e. The van der Waals surface area contributed by atoms with Gasteiger partial charge in [0.05, 0.1) is 0 Å². The van der Waals surface area contributed by atoms with Gasteiger partial charge in [-0.2, -0.15) is 0 Å². The summed E-state index contributed by atoms with van der Waals surface area (Å²) >= 11 is 5.35. The minimum absolute atomic E-state index is 0.129. The number of carbonyl (C=O) groups is 2. The summed E-state index contributed by atoms with van der Waals surface area (Å²) < 4.78 is 1.61. The standard InChI is InChI=1S/C14H9ClN4O2/c15-13(21)12(20)11-10(8-6-17-14(16)18-7-8)5-9-3-1-2-4-19(9)11/h1-7H,(H2,16,17,18). The summed E-state index contributed by atoms with van der Waals surface area (Å²) in [6, 6.07) is 7.17. The maximum absolute atomic E-state index is 12.1. The van der Waals surface area contributed by atoms with Gasteiger partial charge in [0.15, 0.2) is 0 Å². The number of anilines is 1. The molecule has 0 bridgehead atoms. The van der Waals surface area contributed by atoms with Gasteiger partial charge in [0.1, 0.15) is 5.69 Å². The summed E-state index contributed by atoms with van der Waals surface area (Å²) in [4.78, 5) is 31.2. The number of nitrogen functional groups attached to an aromatic ring is 1. The SMILES string of the molecule is Nc1ncc(-c2cc3ccccn3c2C(=O)C(=O)Cl)cn1. The van der Waals surface area contributed by atoms with Gasteiger partial charge in [-0.3, -0.25) is 9.59 Å². The Kier molecular flexibility index (Phi) is 3.15. The van der Waals surface area contributed by atoms with Crippen LogP contribution in [0.2, 0.25) is 0 Å². The number of ketones is 1. The molecule has 6 nitrogen and oxygen atoms in total. The minimum Gasteiger partial charge on any atom is -0.368 e. The van der Waals surface area contributed by atoms with Crippen LogP contribution in [0.3, 0.4) is 0 Å². The summed E-state index contributed by atoms with van der Waals surface area (Å²) in [6.45, 7) is 0. The van der Waals surface area contributed by atoms with Crippen LogP contribution in [-0.4, -0.2) is 25.4 Å². The van der Waals surface area contributed by atoms with Crippen LogP contribution in [0, 0.1) is 0 Å². The van der Waals surface area contributed by atoms with Gasteiger partial charge in [0.2, 0.25) is 5.95 Å². The van der Waals surface area contributed by atoms with E-state index in [1.54, 1.807) is 22.7 Å². The average molecular weight is 301 g/mol. The van der Waals surface area contributed by atoms with E-state index in [1.807, 2.05) is 12.1 Å². The number of rotatable bonds is 3. The maximum Gasteiger partial charge on any atom is 0.294 e. The van der Waals surface area contributed by atoms with E-state index in [9.17, 15) is 9.59 Å². The molecule has 0 aromatic carbocycles. The van der Waals surface area contributed by atoms with Crippen molar-refractivity contribution < 1.29 is 9.59 Å². The monoisotopic (exact) mass is 300 g/mol. The van der Waals surface area contributed by atoms with Crippen molar-refractivity contribution in [2.24, 2.45) is 0 Å². The summed E-state index contributed by atoms with van der Waals surface area (Å²) in [5.74, 6) is -0.654. The first-order chi connectivity index (χ1) is 10.1. The lowest BCUT2D eigenvalue weighted by Crippen LogP contribution is -2.11. The summed E-state index contributed by atoms with van der Waals surface area (Å²) in [5, 5.41) is -1.04. The minimum atomic E-state index is -1.04. The number of hydrogen-bond donors (Lipinski definition) is 1. The molecule has 0 saturated heterocycles. The molecule has 0 atom stereocenters. The fourth-order valence-corrected chi connectivity index (χ4v) is 2.24. The van der Waals surface area contributed by atoms with E-state index in [1.165, 1.54) is 12.4 Å². The molecule has 0 aliphatic carbocycles. The quantitative estimate of drug-likeness (QED) is 0.453. The van der Waals surface area contributed by atoms with Crippen LogP contribution in [-0.2, 0) is 4.79 Å². The number of nitrogens with zero attached hydrogens (tertiary/aromatic N) is 3. The lowest BCUT2D eigenvalue weighted by Gasteiger charge is -2.03. The molecule has 0 unspecified atom stereocenters. The molecule has 7 heteroatoms. The van der Waals surface area contributed by atoms with Gasteiger partial charge in [0, 0.05) is 35.2 Å². The normalized spacial score (nSPS) is 10.7. The average Bonchev–Trinajstić information content (AvgIpc) is 2.86. The second kappa shape index (κ2) is 4.99. The molecule has 3 aromatic rings. The highest BCUT2D eigenvalue weighted by molar-refractivity contribution is 6.83. The van der Waals surface area contributed by atoms with Gasteiger partial charge < -0.3 is 10.1 Å². The van der Waals surface area contributed by atoms with Crippen molar-refractivity contribution >= 4 is 34.1 Å². The highest BCUT2D eigenvalue weighted by Gasteiger charge is 2.23. The van der Waals surface area contributed by atoms with Crippen LogP contribution in [0.4, 0.5) is 5.95 Å². The highest BCUT2D eigenvalue weighted by Crippen LogP contribution is 2.28. The van der Waals surface area contributed by atoms with Crippen LogP contribution >= 0.6 is 11.6 Å². The summed E-state index contributed by atoms with van der Waals surface area (Å²) in [7, 11) is 0. The molecule has 0 fully saturated rings. The number of nitrogens with two attached hydrogens (primary N) is 1. The Bertz CT molecular complexity index is 855. The van der Waals surface area contributed by atoms with Crippen LogP contribution < -0.4 is 5.73 Å². The highest BCUT2D eigenvalue weighted by atomic mass is 35.5. The van der Waals surface area contributed by atoms with Gasteiger partial charge in [-0.05, 0) is 29.8 Å². The molecule has 0 spiro atoms. The molecule has 3 rings (SSSR count). The predicted octanol–water partition coefficient (Wildman–Crippen LogP) is 1.93. The molecule has 3 aromatic heterocycles. The molecule has 0 radical (unpaired) electrons. The van der Waals surface area contributed by atoms with Crippen molar-refractivity contribution in [1.29, 1.82) is 0 Å². The van der Waals surface area contributed by atoms with Crippen molar-refractivity contribution in [3.8, 4) is 11.1 Å². The molecule has 104 valence electrons. The molecule has 3 heterocycles. The van der Waals surface area contributed by atoms with Crippen molar-refractivity contribution in [2.45, 2.75) is 0 Å². The largest absolute Gasteiger partial charge is 0.368 e. The number of fused-ring (bicyclic) bond motifs is 1. The van der Waals surface area contributed by atoms with Crippen molar-refractivity contribution in [1.82, 2.24) is 14.4 Å². The van der Waals surface area contributed by atoms with Gasteiger partial charge in [-0.15, -0.1) is 0 Å². The second-order valence-corrected chi connectivity index (χ2v) is 4.68. The van der Waals surface area contributed by atoms with Crippen LogP contribution in [0.5, 0.6) is 0 Å². The number of aromatic nitrogens is 3. The summed E-state index contributed by atoms with van der Waals surface area (Å²) in [6.07, 6.45) is 4.67. The molecular formula is C14H9ClN4O2. The van der Waals surface area contributed by atoms with E-state index < -0.39 is 11.0 Å². The Morgan fingerprint density at radius 1 is 1.19 bits per heavy atom. The number of carbonyl (C=O) groups excluding carboxylic acids is 2. The number of hydrogen-bond acceptors (Lipinski definition) is 5. The predicted molar refractivity (Wildman–Crippen MR) is 78.0 cm³/mol. The van der Waals surface area contributed by atoms with Gasteiger partial charge in [-0.25, -0.2) is 9.97 Å². The lowest BCUT2D eigenvalue weighted by molar-refractivity contribution is -0.108. The molecular weight excluding hydrogens is 292 g/mol. The zero-order valence-corrected chi connectivity index (χ0v) is 11.4. The molecule has 0 aliphatic heterocycles. The van der Waals surface area contributed by atoms with E-state index in [4.69, 9.17) is 17.3 Å². The van der Waals surface area contributed by atoms with Gasteiger partial charge in [0.25, 0.3) is 11.0 Å². The van der Waals surface area contributed by atoms with Gasteiger partial charge in [-0.1, -0.05) is 6.07 Å². The first-order valence-electron chi connectivity index (χ1n) is 6.00. The zero-order chi connectivity index (χ0) is 15.0. The topological polar surface area (TPSA) is 90.3 Å². The van der Waals surface area contributed by atoms with Crippen molar-refractivity contribution in [2.75, 3.05) is 5.73 Å². The Hall–Kier alpha value is -2.73.